The number of β-amino-alcohol motifs (C(OH)–C–C–N with tert-alkyl or cyclic N) is 1. The van der Waals surface area contributed by atoms with Crippen molar-refractivity contribution in [2.45, 2.75) is 64.2 Å². The second-order valence-electron chi connectivity index (χ2n) is 8.04. The van der Waals surface area contributed by atoms with E-state index < -0.39 is 28.1 Å². The summed E-state index contributed by atoms with van der Waals surface area (Å²) in [6, 6.07) is 3.66. The summed E-state index contributed by atoms with van der Waals surface area (Å²) in [5.74, 6) is 0.247. The minimum Gasteiger partial charge on any atom is -0.454 e. The number of carbonyl (C=O) groups excluding carboxylic acids is 1. The molecule has 0 bridgehead atoms. The van der Waals surface area contributed by atoms with E-state index in [0.717, 1.165) is 15.4 Å². The fourth-order valence-corrected chi connectivity index (χ4v) is 5.01. The number of benzene rings is 1. The molecule has 0 spiro atoms. The fraction of sp³-hybridized carbons (Fsp3) is 0.550. The van der Waals surface area contributed by atoms with Gasteiger partial charge >= 0.3 is 5.97 Å². The maximum absolute atomic E-state index is 13.1. The molecule has 1 aromatic carbocycles. The van der Waals surface area contributed by atoms with E-state index in [1.807, 2.05) is 27.7 Å². The van der Waals surface area contributed by atoms with Gasteiger partial charge in [0.05, 0.1) is 11.0 Å². The van der Waals surface area contributed by atoms with Crippen LogP contribution in [0.4, 0.5) is 0 Å². The molecule has 0 radical (unpaired) electrons. The van der Waals surface area contributed by atoms with E-state index in [-0.39, 0.29) is 30.4 Å². The standard InChI is InChI=1S/C20H27N3O6S/c1-12(2)7-18-21-19(29-22-18)11-28-20(25)17-9-15(24)10-23(17)30(26,27)16-6-5-13(3)14(4)8-16/h5-6,8,12,15,17,24H,7,9-11H2,1-4H3/t15?,17-/m0/s1. The number of esters is 1. The number of nitrogens with zero attached hydrogens (tertiary/aromatic N) is 3. The molecule has 1 aromatic heterocycles. The number of aliphatic hydroxyl groups is 1. The molecule has 0 aliphatic carbocycles. The zero-order valence-corrected chi connectivity index (χ0v) is 18.3. The molecule has 164 valence electrons. The van der Waals surface area contributed by atoms with E-state index in [1.165, 1.54) is 6.07 Å². The topological polar surface area (TPSA) is 123 Å². The normalized spacial score (nSPS) is 20.1. The van der Waals surface area contributed by atoms with Crippen molar-refractivity contribution in [3.8, 4) is 0 Å². The first kappa shape index (κ1) is 22.4. The van der Waals surface area contributed by atoms with E-state index in [2.05, 4.69) is 10.1 Å². The molecular weight excluding hydrogens is 410 g/mol. The van der Waals surface area contributed by atoms with Gasteiger partial charge in [0.1, 0.15) is 6.04 Å². The summed E-state index contributed by atoms with van der Waals surface area (Å²) < 4.78 is 37.5. The van der Waals surface area contributed by atoms with Crippen molar-refractivity contribution >= 4 is 16.0 Å². The lowest BCUT2D eigenvalue weighted by Gasteiger charge is -2.22. The predicted octanol–water partition coefficient (Wildman–Crippen LogP) is 1.75. The molecule has 1 N–H and O–H groups in total. The number of hydrogen-bond donors (Lipinski definition) is 1. The average Bonchev–Trinajstić information content (AvgIpc) is 3.28. The van der Waals surface area contributed by atoms with E-state index in [9.17, 15) is 18.3 Å². The van der Waals surface area contributed by atoms with E-state index in [0.29, 0.717) is 18.2 Å². The highest BCUT2D eigenvalue weighted by molar-refractivity contribution is 7.89. The van der Waals surface area contributed by atoms with Gasteiger partial charge in [0.2, 0.25) is 10.0 Å². The van der Waals surface area contributed by atoms with Crippen LogP contribution in [-0.2, 0) is 32.6 Å². The smallest absolute Gasteiger partial charge is 0.325 e. The van der Waals surface area contributed by atoms with Crippen LogP contribution in [0.3, 0.4) is 0 Å². The van der Waals surface area contributed by atoms with Crippen LogP contribution in [0.5, 0.6) is 0 Å². The number of rotatable bonds is 7. The van der Waals surface area contributed by atoms with Gasteiger partial charge in [-0.3, -0.25) is 4.79 Å². The van der Waals surface area contributed by atoms with Crippen LogP contribution >= 0.6 is 0 Å². The van der Waals surface area contributed by atoms with Crippen LogP contribution in [0.1, 0.15) is 43.1 Å². The van der Waals surface area contributed by atoms with Crippen molar-refractivity contribution in [2.75, 3.05) is 6.54 Å². The molecule has 1 fully saturated rings. The van der Waals surface area contributed by atoms with Crippen molar-refractivity contribution < 1.29 is 27.6 Å². The lowest BCUT2D eigenvalue weighted by Crippen LogP contribution is -2.41. The highest BCUT2D eigenvalue weighted by Gasteiger charge is 2.44. The van der Waals surface area contributed by atoms with Gasteiger partial charge in [0.15, 0.2) is 12.4 Å². The Hall–Kier alpha value is -2.30. The number of aryl methyl sites for hydroxylation is 2. The van der Waals surface area contributed by atoms with Crippen molar-refractivity contribution in [3.63, 3.8) is 0 Å². The van der Waals surface area contributed by atoms with Crippen LogP contribution in [-0.4, -0.2) is 52.6 Å². The minimum absolute atomic E-state index is 0.0364. The summed E-state index contributed by atoms with van der Waals surface area (Å²) in [6.07, 6.45) is -0.357. The lowest BCUT2D eigenvalue weighted by molar-refractivity contribution is -0.149. The first-order chi connectivity index (χ1) is 14.1. The van der Waals surface area contributed by atoms with Crippen LogP contribution in [0.25, 0.3) is 0 Å². The Morgan fingerprint density at radius 3 is 2.73 bits per heavy atom. The number of aromatic nitrogens is 2. The molecule has 2 atom stereocenters. The van der Waals surface area contributed by atoms with Gasteiger partial charge < -0.3 is 14.4 Å². The van der Waals surface area contributed by atoms with Crippen molar-refractivity contribution in [1.29, 1.82) is 0 Å². The number of hydrogen-bond acceptors (Lipinski definition) is 8. The molecule has 9 nitrogen and oxygen atoms in total. The van der Waals surface area contributed by atoms with E-state index in [1.54, 1.807) is 12.1 Å². The lowest BCUT2D eigenvalue weighted by atomic mass is 10.1. The molecule has 30 heavy (non-hydrogen) atoms. The average molecular weight is 438 g/mol. The number of carbonyl (C=O) groups is 1. The number of sulfonamides is 1. The van der Waals surface area contributed by atoms with E-state index in [4.69, 9.17) is 9.26 Å². The van der Waals surface area contributed by atoms with Crippen LogP contribution in [0, 0.1) is 19.8 Å². The van der Waals surface area contributed by atoms with Crippen LogP contribution in [0.2, 0.25) is 0 Å². The summed E-state index contributed by atoms with van der Waals surface area (Å²) in [6.45, 7) is 7.31. The molecule has 2 heterocycles. The predicted molar refractivity (Wildman–Crippen MR) is 107 cm³/mol. The number of ether oxygens (including phenoxy) is 1. The van der Waals surface area contributed by atoms with Crippen molar-refractivity contribution in [1.82, 2.24) is 14.4 Å². The molecule has 1 saturated heterocycles. The molecule has 2 aromatic rings. The zero-order valence-electron chi connectivity index (χ0n) is 17.5. The molecule has 3 rings (SSSR count). The summed E-state index contributed by atoms with van der Waals surface area (Å²) in [7, 11) is -3.98. The molecule has 0 amide bonds. The van der Waals surface area contributed by atoms with Crippen molar-refractivity contribution in [3.05, 3.63) is 41.0 Å². The highest BCUT2D eigenvalue weighted by atomic mass is 32.2. The Labute approximate surface area is 176 Å². The molecule has 0 saturated carbocycles. The Balaban J connectivity index is 1.72. The van der Waals surface area contributed by atoms with Gasteiger partial charge in [-0.25, -0.2) is 8.42 Å². The maximum atomic E-state index is 13.1. The Morgan fingerprint density at radius 2 is 2.07 bits per heavy atom. The third-order valence-electron chi connectivity index (χ3n) is 5.03. The number of aliphatic hydroxyl groups excluding tert-OH is 1. The highest BCUT2D eigenvalue weighted by Crippen LogP contribution is 2.28. The fourth-order valence-electron chi connectivity index (χ4n) is 3.30. The SMILES string of the molecule is Cc1ccc(S(=O)(=O)N2CC(O)C[C@H]2C(=O)OCc2nc(CC(C)C)no2)cc1C. The van der Waals surface area contributed by atoms with Gasteiger partial charge in [-0.1, -0.05) is 25.1 Å². The Kier molecular flexibility index (Phi) is 6.59. The molecule has 1 aliphatic rings. The van der Waals surface area contributed by atoms with Crippen molar-refractivity contribution in [2.24, 2.45) is 5.92 Å². The molecule has 1 aliphatic heterocycles. The zero-order chi connectivity index (χ0) is 22.1. The second kappa shape index (κ2) is 8.83. The largest absolute Gasteiger partial charge is 0.454 e. The minimum atomic E-state index is -3.98. The van der Waals surface area contributed by atoms with Crippen LogP contribution < -0.4 is 0 Å². The third kappa shape index (κ3) is 4.88. The first-order valence-corrected chi connectivity index (χ1v) is 11.3. The van der Waals surface area contributed by atoms with Gasteiger partial charge in [0.25, 0.3) is 5.89 Å². The Morgan fingerprint density at radius 1 is 1.33 bits per heavy atom. The Bertz CT molecular complexity index is 1020. The summed E-state index contributed by atoms with van der Waals surface area (Å²) in [5, 5.41) is 13.9. The molecule has 10 heteroatoms. The summed E-state index contributed by atoms with van der Waals surface area (Å²) >= 11 is 0. The first-order valence-electron chi connectivity index (χ1n) is 9.83. The quantitative estimate of drug-likeness (QED) is 0.650. The summed E-state index contributed by atoms with van der Waals surface area (Å²) in [4.78, 5) is 16.9. The van der Waals surface area contributed by atoms with Crippen LogP contribution in [0.15, 0.2) is 27.6 Å². The maximum Gasteiger partial charge on any atom is 0.325 e. The van der Waals surface area contributed by atoms with Gasteiger partial charge in [-0.2, -0.15) is 9.29 Å². The molecule has 1 unspecified atom stereocenters. The van der Waals surface area contributed by atoms with E-state index >= 15 is 0 Å². The second-order valence-corrected chi connectivity index (χ2v) is 9.93. The van der Waals surface area contributed by atoms with Gasteiger partial charge in [-0.05, 0) is 43.0 Å². The van der Waals surface area contributed by atoms with Gasteiger partial charge in [-0.15, -0.1) is 0 Å². The summed E-state index contributed by atoms with van der Waals surface area (Å²) in [5.41, 5.74) is 1.78. The monoisotopic (exact) mass is 437 g/mol. The third-order valence-corrected chi connectivity index (χ3v) is 6.90. The molecular formula is C20H27N3O6S. The van der Waals surface area contributed by atoms with Gasteiger partial charge in [0, 0.05) is 19.4 Å².